The van der Waals surface area contributed by atoms with E-state index in [0.29, 0.717) is 23.6 Å². The summed E-state index contributed by atoms with van der Waals surface area (Å²) in [5.41, 5.74) is 1.61. The van der Waals surface area contributed by atoms with Gasteiger partial charge in [0, 0.05) is 12.4 Å². The third-order valence-corrected chi connectivity index (χ3v) is 3.54. The molecular formula is C17H18N4O3. The first-order valence-corrected chi connectivity index (χ1v) is 7.59. The van der Waals surface area contributed by atoms with Gasteiger partial charge in [-0.2, -0.15) is 0 Å². The summed E-state index contributed by atoms with van der Waals surface area (Å²) in [4.78, 5) is 21.4. The van der Waals surface area contributed by atoms with Crippen LogP contribution in [0.25, 0.3) is 5.65 Å². The number of anilines is 1. The zero-order chi connectivity index (χ0) is 16.9. The number of aliphatic hydroxyl groups is 1. The van der Waals surface area contributed by atoms with Gasteiger partial charge in [-0.3, -0.25) is 14.2 Å². The highest BCUT2D eigenvalue weighted by Gasteiger charge is 2.12. The van der Waals surface area contributed by atoms with Crippen LogP contribution in [0, 0.1) is 6.92 Å². The number of aliphatic imine (C=N–C) groups is 1. The monoisotopic (exact) mass is 326 g/mol. The average Bonchev–Trinajstić information content (AvgIpc) is 3.10. The summed E-state index contributed by atoms with van der Waals surface area (Å²) in [6, 6.07) is 7.34. The van der Waals surface area contributed by atoms with E-state index in [1.165, 1.54) is 10.6 Å². The molecule has 0 aliphatic carbocycles. The van der Waals surface area contributed by atoms with Gasteiger partial charge in [0.2, 0.25) is 0 Å². The molecule has 0 aliphatic rings. The van der Waals surface area contributed by atoms with Crippen molar-refractivity contribution in [3.63, 3.8) is 0 Å². The van der Waals surface area contributed by atoms with E-state index < -0.39 is 0 Å². The molecule has 0 amide bonds. The van der Waals surface area contributed by atoms with Crippen molar-refractivity contribution in [2.75, 3.05) is 18.5 Å². The molecule has 3 aromatic heterocycles. The Morgan fingerprint density at radius 2 is 2.29 bits per heavy atom. The second kappa shape index (κ2) is 7.10. The van der Waals surface area contributed by atoms with Crippen LogP contribution in [0.5, 0.6) is 0 Å². The number of hydrogen-bond acceptors (Lipinski definition) is 6. The Morgan fingerprint density at radius 3 is 3.04 bits per heavy atom. The van der Waals surface area contributed by atoms with Gasteiger partial charge in [0.1, 0.15) is 22.8 Å². The third kappa shape index (κ3) is 3.21. The zero-order valence-electron chi connectivity index (χ0n) is 13.3. The summed E-state index contributed by atoms with van der Waals surface area (Å²) in [6.45, 7) is 2.46. The first kappa shape index (κ1) is 15.9. The topological polar surface area (TPSA) is 92.1 Å². The molecule has 0 fully saturated rings. The fourth-order valence-electron chi connectivity index (χ4n) is 2.36. The van der Waals surface area contributed by atoms with Gasteiger partial charge >= 0.3 is 0 Å². The number of nitrogens with one attached hydrogen (secondary N) is 1. The van der Waals surface area contributed by atoms with Crippen molar-refractivity contribution in [1.82, 2.24) is 9.38 Å². The molecule has 0 atom stereocenters. The lowest BCUT2D eigenvalue weighted by Gasteiger charge is -2.11. The Morgan fingerprint density at radius 1 is 1.42 bits per heavy atom. The van der Waals surface area contributed by atoms with Crippen LogP contribution in [0.4, 0.5) is 5.82 Å². The van der Waals surface area contributed by atoms with Crippen LogP contribution in [-0.2, 0) is 6.54 Å². The zero-order valence-corrected chi connectivity index (χ0v) is 13.3. The number of rotatable bonds is 6. The van der Waals surface area contributed by atoms with E-state index >= 15 is 0 Å². The average molecular weight is 326 g/mol. The lowest BCUT2D eigenvalue weighted by atomic mass is 10.2. The predicted molar refractivity (Wildman–Crippen MR) is 91.8 cm³/mol. The van der Waals surface area contributed by atoms with Gasteiger partial charge in [0.25, 0.3) is 5.56 Å². The number of fused-ring (bicyclic) bond motifs is 1. The fourth-order valence-corrected chi connectivity index (χ4v) is 2.36. The van der Waals surface area contributed by atoms with E-state index in [1.54, 1.807) is 24.6 Å². The smallest absolute Gasteiger partial charge is 0.268 e. The number of nitrogens with zero attached hydrogens (tertiary/aromatic N) is 3. The molecule has 3 aromatic rings. The second-order valence-electron chi connectivity index (χ2n) is 5.26. The number of pyridine rings is 1. The highest BCUT2D eigenvalue weighted by atomic mass is 16.3. The van der Waals surface area contributed by atoms with E-state index in [1.807, 2.05) is 19.1 Å². The van der Waals surface area contributed by atoms with Gasteiger partial charge in [0.15, 0.2) is 0 Å². The molecule has 124 valence electrons. The van der Waals surface area contributed by atoms with Gasteiger partial charge in [-0.15, -0.1) is 0 Å². The molecule has 0 spiro atoms. The minimum atomic E-state index is -0.215. The maximum absolute atomic E-state index is 12.8. The number of aromatic nitrogens is 2. The van der Waals surface area contributed by atoms with E-state index in [2.05, 4.69) is 15.3 Å². The molecule has 0 aromatic carbocycles. The first-order valence-electron chi connectivity index (χ1n) is 7.59. The van der Waals surface area contributed by atoms with Crippen molar-refractivity contribution in [3.05, 3.63) is 64.0 Å². The van der Waals surface area contributed by atoms with Crippen LogP contribution in [0.2, 0.25) is 0 Å². The van der Waals surface area contributed by atoms with Crippen LogP contribution in [-0.4, -0.2) is 33.9 Å². The van der Waals surface area contributed by atoms with Gasteiger partial charge in [-0.25, -0.2) is 4.98 Å². The molecule has 0 unspecified atom stereocenters. The van der Waals surface area contributed by atoms with Gasteiger partial charge < -0.3 is 14.8 Å². The highest BCUT2D eigenvalue weighted by molar-refractivity contribution is 5.86. The first-order chi connectivity index (χ1) is 11.7. The molecule has 0 saturated carbocycles. The maximum Gasteiger partial charge on any atom is 0.268 e. The molecule has 3 heterocycles. The minimum Gasteiger partial charge on any atom is -0.467 e. The summed E-state index contributed by atoms with van der Waals surface area (Å²) in [5.74, 6) is 1.17. The van der Waals surface area contributed by atoms with Gasteiger partial charge in [-0.1, -0.05) is 6.07 Å². The predicted octanol–water partition coefficient (Wildman–Crippen LogP) is 1.62. The van der Waals surface area contributed by atoms with Crippen molar-refractivity contribution >= 4 is 17.7 Å². The molecule has 0 saturated heterocycles. The van der Waals surface area contributed by atoms with Crippen molar-refractivity contribution in [1.29, 1.82) is 0 Å². The molecule has 7 nitrogen and oxygen atoms in total. The summed E-state index contributed by atoms with van der Waals surface area (Å²) in [7, 11) is 0. The van der Waals surface area contributed by atoms with Crippen LogP contribution in [0.1, 0.15) is 16.9 Å². The minimum absolute atomic E-state index is 0.0763. The van der Waals surface area contributed by atoms with E-state index in [0.717, 1.165) is 11.3 Å². The molecule has 24 heavy (non-hydrogen) atoms. The fraction of sp³-hybridized carbons (Fsp3) is 0.235. The van der Waals surface area contributed by atoms with Crippen LogP contribution in [0.3, 0.4) is 0 Å². The second-order valence-corrected chi connectivity index (χ2v) is 5.26. The summed E-state index contributed by atoms with van der Waals surface area (Å²) >= 11 is 0. The number of aryl methyl sites for hydroxylation is 1. The van der Waals surface area contributed by atoms with Crippen molar-refractivity contribution in [2.24, 2.45) is 4.99 Å². The summed E-state index contributed by atoms with van der Waals surface area (Å²) in [6.07, 6.45) is 4.72. The number of furan rings is 1. The number of aliphatic hydroxyl groups excluding tert-OH is 1. The molecule has 0 radical (unpaired) electrons. The lowest BCUT2D eigenvalue weighted by molar-refractivity contribution is 0.307. The molecule has 0 aliphatic heterocycles. The maximum atomic E-state index is 12.8. The lowest BCUT2D eigenvalue weighted by Crippen LogP contribution is -2.23. The van der Waals surface area contributed by atoms with E-state index in [-0.39, 0.29) is 18.7 Å². The molecule has 2 N–H and O–H groups in total. The molecule has 3 rings (SSSR count). The molecular weight excluding hydrogens is 308 g/mol. The van der Waals surface area contributed by atoms with Gasteiger partial charge in [-0.05, 0) is 30.7 Å². The van der Waals surface area contributed by atoms with Crippen molar-refractivity contribution < 1.29 is 9.52 Å². The SMILES string of the molecule is Cc1cccn2c(=O)c(C=NCCO)c(NCc3ccco3)nc12. The van der Waals surface area contributed by atoms with E-state index in [9.17, 15) is 4.79 Å². The quantitative estimate of drug-likeness (QED) is 0.672. The van der Waals surface area contributed by atoms with Crippen molar-refractivity contribution in [2.45, 2.75) is 13.5 Å². The van der Waals surface area contributed by atoms with Crippen LogP contribution in [0.15, 0.2) is 50.9 Å². The van der Waals surface area contributed by atoms with Crippen LogP contribution < -0.4 is 10.9 Å². The normalized spacial score (nSPS) is 11.4. The van der Waals surface area contributed by atoms with E-state index in [4.69, 9.17) is 9.52 Å². The van der Waals surface area contributed by atoms with Crippen LogP contribution >= 0.6 is 0 Å². The summed E-state index contributed by atoms with van der Waals surface area (Å²) in [5, 5.41) is 12.0. The van der Waals surface area contributed by atoms with Gasteiger partial charge in [0.05, 0.1) is 26.0 Å². The largest absolute Gasteiger partial charge is 0.467 e. The van der Waals surface area contributed by atoms with Crippen molar-refractivity contribution in [3.8, 4) is 0 Å². The highest BCUT2D eigenvalue weighted by Crippen LogP contribution is 2.13. The third-order valence-electron chi connectivity index (χ3n) is 3.54. The molecule has 0 bridgehead atoms. The Bertz CT molecular complexity index is 913. The standard InChI is InChI=1S/C17H18N4O3/c1-12-4-2-7-21-16(12)20-15(19-10-13-5-3-9-24-13)14(17(21)23)11-18-6-8-22/h2-5,7,9,11,19,22H,6,8,10H2,1H3. The summed E-state index contributed by atoms with van der Waals surface area (Å²) < 4.78 is 6.79. The molecule has 7 heteroatoms. The Hall–Kier alpha value is -2.93. The Balaban J connectivity index is 2.07. The number of hydrogen-bond donors (Lipinski definition) is 2. The Kier molecular flexibility index (Phi) is 4.72. The Labute approximate surface area is 138 Å².